The van der Waals surface area contributed by atoms with E-state index in [1.807, 2.05) is 0 Å². The van der Waals surface area contributed by atoms with Gasteiger partial charge in [-0.1, -0.05) is 24.3 Å². The monoisotopic (exact) mass is 330 g/mol. The van der Waals surface area contributed by atoms with Crippen molar-refractivity contribution in [1.82, 2.24) is 10.9 Å². The average Bonchev–Trinajstić information content (AvgIpc) is 2.61. The minimum Gasteiger partial charge on any atom is -0.495 e. The maximum Gasteiger partial charge on any atom is 0.338 e. The molecule has 2 aromatic carbocycles. The summed E-state index contributed by atoms with van der Waals surface area (Å²) in [4.78, 5) is 23.6. The molecule has 4 N–H and O–H groups in total. The Morgan fingerprint density at radius 1 is 0.708 bits per heavy atom. The molecule has 4 amide bonds. The smallest absolute Gasteiger partial charge is 0.338 e. The summed E-state index contributed by atoms with van der Waals surface area (Å²) in [5.74, 6) is 1.01. The average molecular weight is 330 g/mol. The second kappa shape index (κ2) is 8.28. The molecule has 0 saturated heterocycles. The molecule has 0 atom stereocenters. The first-order chi connectivity index (χ1) is 11.6. The number of carbonyl (C=O) groups is 2. The van der Waals surface area contributed by atoms with Crippen molar-refractivity contribution in [3.63, 3.8) is 0 Å². The highest BCUT2D eigenvalue weighted by Gasteiger charge is 2.09. The minimum atomic E-state index is -0.616. The van der Waals surface area contributed by atoms with E-state index in [0.717, 1.165) is 0 Å². The van der Waals surface area contributed by atoms with Crippen LogP contribution in [0.1, 0.15) is 0 Å². The van der Waals surface area contributed by atoms with E-state index < -0.39 is 12.1 Å². The van der Waals surface area contributed by atoms with Crippen LogP contribution >= 0.6 is 0 Å². The van der Waals surface area contributed by atoms with Crippen LogP contribution in [0.3, 0.4) is 0 Å². The lowest BCUT2D eigenvalue weighted by Crippen LogP contribution is -2.45. The molecule has 0 bridgehead atoms. The summed E-state index contributed by atoms with van der Waals surface area (Å²) < 4.78 is 10.2. The van der Waals surface area contributed by atoms with E-state index in [4.69, 9.17) is 9.47 Å². The van der Waals surface area contributed by atoms with Gasteiger partial charge in [-0.05, 0) is 24.3 Å². The summed E-state index contributed by atoms with van der Waals surface area (Å²) in [5, 5.41) is 5.12. The third-order valence-corrected chi connectivity index (χ3v) is 3.00. The topological polar surface area (TPSA) is 101 Å². The van der Waals surface area contributed by atoms with E-state index in [0.29, 0.717) is 22.9 Å². The largest absolute Gasteiger partial charge is 0.495 e. The summed E-state index contributed by atoms with van der Waals surface area (Å²) in [6.45, 7) is 0. The fourth-order valence-electron chi connectivity index (χ4n) is 1.92. The quantitative estimate of drug-likeness (QED) is 0.647. The number of benzene rings is 2. The van der Waals surface area contributed by atoms with Crippen LogP contribution in [0.25, 0.3) is 0 Å². The molecule has 0 saturated carbocycles. The van der Waals surface area contributed by atoms with Crippen LogP contribution in [0, 0.1) is 0 Å². The Kier molecular flexibility index (Phi) is 5.84. The van der Waals surface area contributed by atoms with Crippen molar-refractivity contribution in [3.05, 3.63) is 48.5 Å². The fraction of sp³-hybridized carbons (Fsp3) is 0.125. The molecule has 2 rings (SSSR count). The second-order valence-corrected chi connectivity index (χ2v) is 4.56. The van der Waals surface area contributed by atoms with E-state index in [2.05, 4.69) is 21.5 Å². The Morgan fingerprint density at radius 2 is 1.08 bits per heavy atom. The molecule has 0 spiro atoms. The first-order valence-corrected chi connectivity index (χ1v) is 7.04. The molecule has 2 aromatic rings. The Morgan fingerprint density at radius 3 is 1.46 bits per heavy atom. The van der Waals surface area contributed by atoms with Gasteiger partial charge < -0.3 is 20.1 Å². The zero-order chi connectivity index (χ0) is 17.4. The van der Waals surface area contributed by atoms with Crippen LogP contribution in [-0.4, -0.2) is 26.3 Å². The van der Waals surface area contributed by atoms with Gasteiger partial charge in [-0.3, -0.25) is 0 Å². The Labute approximate surface area is 139 Å². The summed E-state index contributed by atoms with van der Waals surface area (Å²) in [6.07, 6.45) is 0. The number of methoxy groups -OCH3 is 2. The molecule has 0 unspecified atom stereocenters. The summed E-state index contributed by atoms with van der Waals surface area (Å²) >= 11 is 0. The van der Waals surface area contributed by atoms with Crippen molar-refractivity contribution in [3.8, 4) is 11.5 Å². The lowest BCUT2D eigenvalue weighted by atomic mass is 10.3. The molecule has 0 aliphatic rings. The number of hydrogen-bond donors (Lipinski definition) is 4. The lowest BCUT2D eigenvalue weighted by molar-refractivity contribution is 0.237. The molecular formula is C16H18N4O4. The predicted molar refractivity (Wildman–Crippen MR) is 90.3 cm³/mol. The van der Waals surface area contributed by atoms with Gasteiger partial charge in [-0.25, -0.2) is 20.4 Å². The van der Waals surface area contributed by atoms with Gasteiger partial charge in [0, 0.05) is 0 Å². The number of amides is 4. The first kappa shape index (κ1) is 16.9. The normalized spacial score (nSPS) is 9.58. The van der Waals surface area contributed by atoms with E-state index in [1.54, 1.807) is 48.5 Å². The first-order valence-electron chi connectivity index (χ1n) is 7.04. The number of hydrazine groups is 1. The molecule has 8 heteroatoms. The highest BCUT2D eigenvalue weighted by molar-refractivity contribution is 5.95. The van der Waals surface area contributed by atoms with Crippen molar-refractivity contribution in [1.29, 1.82) is 0 Å². The SMILES string of the molecule is COc1ccccc1NC(=O)NNC(=O)Nc1ccccc1OC. The highest BCUT2D eigenvalue weighted by Crippen LogP contribution is 2.23. The van der Waals surface area contributed by atoms with Crippen LogP contribution < -0.4 is 31.0 Å². The molecule has 0 fully saturated rings. The molecule has 126 valence electrons. The summed E-state index contributed by atoms with van der Waals surface area (Å²) in [5.41, 5.74) is 5.42. The van der Waals surface area contributed by atoms with E-state index in [-0.39, 0.29) is 0 Å². The highest BCUT2D eigenvalue weighted by atomic mass is 16.5. The van der Waals surface area contributed by atoms with Crippen LogP contribution in [0.15, 0.2) is 48.5 Å². The van der Waals surface area contributed by atoms with Gasteiger partial charge in [0.05, 0.1) is 25.6 Å². The zero-order valence-corrected chi connectivity index (χ0v) is 13.3. The third-order valence-electron chi connectivity index (χ3n) is 3.00. The Balaban J connectivity index is 1.86. The minimum absolute atomic E-state index is 0.476. The lowest BCUT2D eigenvalue weighted by Gasteiger charge is -2.13. The molecule has 24 heavy (non-hydrogen) atoms. The van der Waals surface area contributed by atoms with E-state index in [1.165, 1.54) is 14.2 Å². The van der Waals surface area contributed by atoms with Crippen molar-refractivity contribution in [2.75, 3.05) is 24.9 Å². The number of hydrogen-bond acceptors (Lipinski definition) is 4. The van der Waals surface area contributed by atoms with Gasteiger partial charge in [0.1, 0.15) is 11.5 Å². The van der Waals surface area contributed by atoms with E-state index >= 15 is 0 Å². The molecule has 0 heterocycles. The number of anilines is 2. The molecule has 0 aliphatic heterocycles. The Bertz CT molecular complexity index is 659. The molecule has 0 radical (unpaired) electrons. The molecular weight excluding hydrogens is 312 g/mol. The van der Waals surface area contributed by atoms with Crippen LogP contribution in [0.4, 0.5) is 21.0 Å². The van der Waals surface area contributed by atoms with Crippen molar-refractivity contribution in [2.45, 2.75) is 0 Å². The number of para-hydroxylation sites is 4. The third kappa shape index (κ3) is 4.54. The summed E-state index contributed by atoms with van der Waals surface area (Å²) in [7, 11) is 2.99. The fourth-order valence-corrected chi connectivity index (χ4v) is 1.92. The van der Waals surface area contributed by atoms with Crippen molar-refractivity contribution in [2.24, 2.45) is 0 Å². The maximum absolute atomic E-state index is 11.8. The number of ether oxygens (including phenoxy) is 2. The predicted octanol–water partition coefficient (Wildman–Crippen LogP) is 2.56. The standard InChI is InChI=1S/C16H18N4O4/c1-23-13-9-5-3-7-11(13)17-15(21)19-20-16(22)18-12-8-4-6-10-14(12)24-2/h3-10H,1-2H3,(H2,17,19,21)(H2,18,20,22). The number of rotatable bonds is 4. The van der Waals surface area contributed by atoms with Gasteiger partial charge in [0.15, 0.2) is 0 Å². The molecule has 0 aromatic heterocycles. The molecule has 8 nitrogen and oxygen atoms in total. The van der Waals surface area contributed by atoms with Crippen LogP contribution in [-0.2, 0) is 0 Å². The van der Waals surface area contributed by atoms with Crippen LogP contribution in [0.5, 0.6) is 11.5 Å². The number of carbonyl (C=O) groups excluding carboxylic acids is 2. The Hall–Kier alpha value is -3.42. The van der Waals surface area contributed by atoms with Crippen molar-refractivity contribution >= 4 is 23.4 Å². The van der Waals surface area contributed by atoms with Gasteiger partial charge in [0.25, 0.3) is 0 Å². The van der Waals surface area contributed by atoms with Gasteiger partial charge >= 0.3 is 12.1 Å². The molecule has 0 aliphatic carbocycles. The number of urea groups is 2. The van der Waals surface area contributed by atoms with E-state index in [9.17, 15) is 9.59 Å². The van der Waals surface area contributed by atoms with Gasteiger partial charge in [-0.15, -0.1) is 0 Å². The second-order valence-electron chi connectivity index (χ2n) is 4.56. The van der Waals surface area contributed by atoms with Crippen molar-refractivity contribution < 1.29 is 19.1 Å². The zero-order valence-electron chi connectivity index (χ0n) is 13.3. The van der Waals surface area contributed by atoms with Gasteiger partial charge in [0.2, 0.25) is 0 Å². The van der Waals surface area contributed by atoms with Gasteiger partial charge in [-0.2, -0.15) is 0 Å². The number of nitrogens with one attached hydrogen (secondary N) is 4. The van der Waals surface area contributed by atoms with Crippen LogP contribution in [0.2, 0.25) is 0 Å². The maximum atomic E-state index is 11.8. The summed E-state index contributed by atoms with van der Waals surface area (Å²) in [6, 6.07) is 12.6.